The Balaban J connectivity index is 1.54. The van der Waals surface area contributed by atoms with Crippen molar-refractivity contribution in [1.29, 1.82) is 0 Å². The standard InChI is InChI=1S/C18H17N5O2S/c1-9-6-10(2)23-17(19-9)21-22-18(23)26-8-15(24)12-4-5-14-13(7-12)11(3)16(25)20-14/h4-7,11H,8H2,1-3H3,(H,20,25)/t11-/m1/s1. The minimum absolute atomic E-state index is 0.0150. The molecule has 1 aliphatic rings. The van der Waals surface area contributed by atoms with Gasteiger partial charge < -0.3 is 5.32 Å². The fourth-order valence-corrected chi connectivity index (χ4v) is 3.98. The normalized spacial score (nSPS) is 16.0. The highest BCUT2D eigenvalue weighted by atomic mass is 32.2. The molecule has 1 atom stereocenters. The van der Waals surface area contributed by atoms with Crippen LogP contribution in [0, 0.1) is 13.8 Å². The van der Waals surface area contributed by atoms with E-state index in [2.05, 4.69) is 20.5 Å². The van der Waals surface area contributed by atoms with Gasteiger partial charge in [-0.15, -0.1) is 10.2 Å². The number of nitrogens with one attached hydrogen (secondary N) is 1. The van der Waals surface area contributed by atoms with E-state index in [0.717, 1.165) is 22.6 Å². The first-order chi connectivity index (χ1) is 12.4. The first-order valence-electron chi connectivity index (χ1n) is 8.24. The zero-order chi connectivity index (χ0) is 18.4. The topological polar surface area (TPSA) is 89.2 Å². The maximum atomic E-state index is 12.6. The van der Waals surface area contributed by atoms with Crippen molar-refractivity contribution in [3.63, 3.8) is 0 Å². The molecule has 1 aromatic carbocycles. The number of carbonyl (C=O) groups is 2. The quantitative estimate of drug-likeness (QED) is 0.563. The molecule has 0 radical (unpaired) electrons. The van der Waals surface area contributed by atoms with Gasteiger partial charge in [0.25, 0.3) is 5.78 Å². The lowest BCUT2D eigenvalue weighted by atomic mass is 9.99. The van der Waals surface area contributed by atoms with Crippen molar-refractivity contribution in [3.8, 4) is 0 Å². The van der Waals surface area contributed by atoms with Gasteiger partial charge in [-0.1, -0.05) is 11.8 Å². The Labute approximate surface area is 154 Å². The van der Waals surface area contributed by atoms with Gasteiger partial charge in [0.05, 0.1) is 11.7 Å². The summed E-state index contributed by atoms with van der Waals surface area (Å²) in [6, 6.07) is 7.29. The van der Waals surface area contributed by atoms with Crippen LogP contribution in [0.25, 0.3) is 5.78 Å². The molecule has 1 amide bonds. The fraction of sp³-hybridized carbons (Fsp3) is 0.278. The summed E-state index contributed by atoms with van der Waals surface area (Å²) in [7, 11) is 0. The Morgan fingerprint density at radius 1 is 1.27 bits per heavy atom. The summed E-state index contributed by atoms with van der Waals surface area (Å²) in [5, 5.41) is 11.7. The number of amides is 1. The molecule has 0 saturated heterocycles. The van der Waals surface area contributed by atoms with Crippen LogP contribution in [0.1, 0.15) is 40.2 Å². The third-order valence-electron chi connectivity index (χ3n) is 4.49. The fourth-order valence-electron chi connectivity index (χ4n) is 3.10. The number of ketones is 1. The molecule has 0 aliphatic carbocycles. The van der Waals surface area contributed by atoms with Gasteiger partial charge in [-0.25, -0.2) is 4.98 Å². The second kappa shape index (κ2) is 6.21. The molecule has 26 heavy (non-hydrogen) atoms. The summed E-state index contributed by atoms with van der Waals surface area (Å²) < 4.78 is 1.85. The average Bonchev–Trinajstić information content (AvgIpc) is 3.14. The van der Waals surface area contributed by atoms with E-state index in [0.29, 0.717) is 16.5 Å². The number of rotatable bonds is 4. The monoisotopic (exact) mass is 367 g/mol. The summed E-state index contributed by atoms with van der Waals surface area (Å²) in [5.74, 6) is 0.491. The van der Waals surface area contributed by atoms with E-state index in [4.69, 9.17) is 0 Å². The van der Waals surface area contributed by atoms with Gasteiger partial charge in [-0.05, 0) is 50.6 Å². The Morgan fingerprint density at radius 2 is 2.08 bits per heavy atom. The molecule has 2 aromatic heterocycles. The molecular weight excluding hydrogens is 350 g/mol. The molecule has 0 saturated carbocycles. The molecular formula is C18H17N5O2S. The number of hydrogen-bond donors (Lipinski definition) is 1. The first kappa shape index (κ1) is 16.7. The van der Waals surface area contributed by atoms with Crippen LogP contribution in [-0.4, -0.2) is 37.0 Å². The lowest BCUT2D eigenvalue weighted by molar-refractivity contribution is -0.116. The number of benzene rings is 1. The number of fused-ring (bicyclic) bond motifs is 2. The maximum absolute atomic E-state index is 12.6. The van der Waals surface area contributed by atoms with Crippen molar-refractivity contribution in [1.82, 2.24) is 19.6 Å². The van der Waals surface area contributed by atoms with Gasteiger partial charge in [0.15, 0.2) is 10.9 Å². The van der Waals surface area contributed by atoms with Crippen LogP contribution in [0.3, 0.4) is 0 Å². The van der Waals surface area contributed by atoms with E-state index >= 15 is 0 Å². The van der Waals surface area contributed by atoms with Crippen LogP contribution < -0.4 is 5.32 Å². The molecule has 7 nitrogen and oxygen atoms in total. The van der Waals surface area contributed by atoms with Crippen molar-refractivity contribution in [2.75, 3.05) is 11.1 Å². The molecule has 1 aliphatic heterocycles. The van der Waals surface area contributed by atoms with Crippen LogP contribution in [-0.2, 0) is 4.79 Å². The van der Waals surface area contributed by atoms with E-state index in [1.807, 2.05) is 31.2 Å². The van der Waals surface area contributed by atoms with Gasteiger partial charge >= 0.3 is 0 Å². The van der Waals surface area contributed by atoms with Crippen molar-refractivity contribution < 1.29 is 9.59 Å². The zero-order valence-corrected chi connectivity index (χ0v) is 15.4. The van der Waals surface area contributed by atoms with Crippen molar-refractivity contribution in [3.05, 3.63) is 46.8 Å². The van der Waals surface area contributed by atoms with E-state index in [1.165, 1.54) is 11.8 Å². The smallest absolute Gasteiger partial charge is 0.256 e. The summed E-state index contributed by atoms with van der Waals surface area (Å²) in [4.78, 5) is 28.7. The molecule has 0 fully saturated rings. The summed E-state index contributed by atoms with van der Waals surface area (Å²) >= 11 is 1.33. The van der Waals surface area contributed by atoms with Crippen LogP contribution in [0.4, 0.5) is 5.69 Å². The van der Waals surface area contributed by atoms with Gasteiger partial charge in [-0.3, -0.25) is 14.0 Å². The minimum Gasteiger partial charge on any atom is -0.325 e. The lowest BCUT2D eigenvalue weighted by Crippen LogP contribution is -2.08. The van der Waals surface area contributed by atoms with Gasteiger partial charge in [0, 0.05) is 22.6 Å². The molecule has 0 spiro atoms. The molecule has 0 bridgehead atoms. The van der Waals surface area contributed by atoms with Gasteiger partial charge in [-0.2, -0.15) is 0 Å². The second-order valence-corrected chi connectivity index (χ2v) is 7.32. The number of thioether (sulfide) groups is 1. The Morgan fingerprint density at radius 3 is 2.88 bits per heavy atom. The van der Waals surface area contributed by atoms with E-state index in [1.54, 1.807) is 18.2 Å². The highest BCUT2D eigenvalue weighted by Crippen LogP contribution is 2.33. The predicted molar refractivity (Wildman–Crippen MR) is 98.8 cm³/mol. The number of nitrogens with zero attached hydrogens (tertiary/aromatic N) is 4. The van der Waals surface area contributed by atoms with Crippen molar-refractivity contribution >= 4 is 34.9 Å². The second-order valence-electron chi connectivity index (χ2n) is 6.38. The third kappa shape index (κ3) is 2.76. The van der Waals surface area contributed by atoms with Gasteiger partial charge in [0.2, 0.25) is 5.91 Å². The van der Waals surface area contributed by atoms with E-state index in [9.17, 15) is 9.59 Å². The lowest BCUT2D eigenvalue weighted by Gasteiger charge is -2.06. The summed E-state index contributed by atoms with van der Waals surface area (Å²) in [5.41, 5.74) is 4.11. The SMILES string of the molecule is Cc1cc(C)n2c(SCC(=O)c3ccc4c(c3)[C@@H](C)C(=O)N4)nnc2n1. The zero-order valence-electron chi connectivity index (χ0n) is 14.6. The molecule has 3 aromatic rings. The number of aryl methyl sites for hydroxylation is 2. The Hall–Kier alpha value is -2.74. The Kier molecular flexibility index (Phi) is 3.99. The largest absolute Gasteiger partial charge is 0.325 e. The molecule has 8 heteroatoms. The van der Waals surface area contributed by atoms with Crippen molar-refractivity contribution in [2.24, 2.45) is 0 Å². The van der Waals surface area contributed by atoms with Crippen molar-refractivity contribution in [2.45, 2.75) is 31.8 Å². The summed E-state index contributed by atoms with van der Waals surface area (Å²) in [6.45, 7) is 5.71. The maximum Gasteiger partial charge on any atom is 0.256 e. The van der Waals surface area contributed by atoms with Crippen LogP contribution >= 0.6 is 11.8 Å². The number of anilines is 1. The highest BCUT2D eigenvalue weighted by molar-refractivity contribution is 7.99. The molecule has 4 rings (SSSR count). The number of aromatic nitrogens is 4. The first-order valence-corrected chi connectivity index (χ1v) is 9.23. The van der Waals surface area contributed by atoms with Gasteiger partial charge in [0.1, 0.15) is 0 Å². The Bertz CT molecular complexity index is 1060. The molecule has 132 valence electrons. The minimum atomic E-state index is -0.234. The van der Waals surface area contributed by atoms with E-state index < -0.39 is 0 Å². The van der Waals surface area contributed by atoms with E-state index in [-0.39, 0.29) is 23.4 Å². The van der Waals surface area contributed by atoms with Crippen LogP contribution in [0.15, 0.2) is 29.4 Å². The number of carbonyl (C=O) groups excluding carboxylic acids is 2. The molecule has 1 N–H and O–H groups in total. The average molecular weight is 367 g/mol. The summed E-state index contributed by atoms with van der Waals surface area (Å²) in [6.07, 6.45) is 0. The number of Topliss-reactive ketones (excluding diaryl/α,β-unsaturated/α-hetero) is 1. The van der Waals surface area contributed by atoms with Crippen LogP contribution in [0.2, 0.25) is 0 Å². The molecule has 3 heterocycles. The van der Waals surface area contributed by atoms with Crippen LogP contribution in [0.5, 0.6) is 0 Å². The third-order valence-corrected chi connectivity index (χ3v) is 5.42. The number of hydrogen-bond acceptors (Lipinski definition) is 6. The predicted octanol–water partition coefficient (Wildman–Crippen LogP) is 2.77. The highest BCUT2D eigenvalue weighted by Gasteiger charge is 2.27. The molecule has 0 unspecified atom stereocenters.